The number of hydrogen-bond donors (Lipinski definition) is 2. The number of carbonyl (C=O) groups excluding carboxylic acids is 3. The van der Waals surface area contributed by atoms with Crippen LogP contribution in [0.1, 0.15) is 65.1 Å². The van der Waals surface area contributed by atoms with E-state index in [0.717, 1.165) is 24.2 Å². The van der Waals surface area contributed by atoms with Crippen molar-refractivity contribution in [3.05, 3.63) is 16.0 Å². The van der Waals surface area contributed by atoms with Gasteiger partial charge in [-0.1, -0.05) is 12.8 Å². The third kappa shape index (κ3) is 5.14. The standard InChI is InChI=1S/C20H28N2O6S/c1-10(2)28-20(27)14-11(3)15(18(24)22(4)5)29-17(14)21-16(23)12-8-6-7-9-13(12)19(25)26/h10,12-13H,6-9H2,1-5H3,(H,21,23)(H,25,26). The molecule has 0 aliphatic heterocycles. The smallest absolute Gasteiger partial charge is 0.341 e. The van der Waals surface area contributed by atoms with Crippen LogP contribution >= 0.6 is 11.3 Å². The number of rotatable bonds is 6. The molecule has 1 aliphatic carbocycles. The summed E-state index contributed by atoms with van der Waals surface area (Å²) >= 11 is 1.01. The van der Waals surface area contributed by atoms with Crippen LogP contribution in [0, 0.1) is 18.8 Å². The minimum atomic E-state index is -0.991. The fourth-order valence-electron chi connectivity index (χ4n) is 3.47. The quantitative estimate of drug-likeness (QED) is 0.678. The first-order valence-electron chi connectivity index (χ1n) is 9.64. The molecule has 0 saturated heterocycles. The van der Waals surface area contributed by atoms with Gasteiger partial charge in [-0.05, 0) is 39.2 Å². The lowest BCUT2D eigenvalue weighted by molar-refractivity contribution is -0.147. The second kappa shape index (κ2) is 9.39. The molecule has 1 aliphatic rings. The Hall–Kier alpha value is -2.42. The van der Waals surface area contributed by atoms with Crippen molar-refractivity contribution in [1.82, 2.24) is 4.90 Å². The first-order chi connectivity index (χ1) is 13.5. The molecule has 1 aromatic rings. The van der Waals surface area contributed by atoms with Crippen molar-refractivity contribution in [2.45, 2.75) is 52.6 Å². The first kappa shape index (κ1) is 22.9. The zero-order valence-corrected chi connectivity index (χ0v) is 18.2. The van der Waals surface area contributed by atoms with Crippen LogP contribution in [0.2, 0.25) is 0 Å². The number of thiophene rings is 1. The van der Waals surface area contributed by atoms with Gasteiger partial charge in [-0.3, -0.25) is 14.4 Å². The van der Waals surface area contributed by atoms with E-state index in [0.29, 0.717) is 23.3 Å². The van der Waals surface area contributed by atoms with Gasteiger partial charge in [0.25, 0.3) is 5.91 Å². The number of carboxylic acid groups (broad SMARTS) is 1. The van der Waals surface area contributed by atoms with E-state index in [4.69, 9.17) is 4.74 Å². The maximum atomic E-state index is 12.9. The molecule has 2 amide bonds. The van der Waals surface area contributed by atoms with E-state index in [1.165, 1.54) is 4.90 Å². The van der Waals surface area contributed by atoms with Gasteiger partial charge < -0.3 is 20.1 Å². The van der Waals surface area contributed by atoms with Gasteiger partial charge in [-0.15, -0.1) is 11.3 Å². The Morgan fingerprint density at radius 1 is 1.14 bits per heavy atom. The number of hydrogen-bond acceptors (Lipinski definition) is 6. The number of aliphatic carboxylic acids is 1. The van der Waals surface area contributed by atoms with E-state index >= 15 is 0 Å². The topological polar surface area (TPSA) is 113 Å². The Morgan fingerprint density at radius 3 is 2.24 bits per heavy atom. The minimum Gasteiger partial charge on any atom is -0.481 e. The molecule has 1 saturated carbocycles. The van der Waals surface area contributed by atoms with Gasteiger partial charge in [0.1, 0.15) is 5.00 Å². The molecule has 1 fully saturated rings. The number of carboxylic acids is 1. The molecule has 2 N–H and O–H groups in total. The van der Waals surface area contributed by atoms with E-state index in [-0.39, 0.29) is 22.6 Å². The Balaban J connectivity index is 2.40. The van der Waals surface area contributed by atoms with E-state index in [9.17, 15) is 24.3 Å². The van der Waals surface area contributed by atoms with Gasteiger partial charge in [-0.25, -0.2) is 4.79 Å². The summed E-state index contributed by atoms with van der Waals surface area (Å²) in [7, 11) is 3.21. The number of nitrogens with zero attached hydrogens (tertiary/aromatic N) is 1. The van der Waals surface area contributed by atoms with Crippen LogP contribution < -0.4 is 5.32 Å². The zero-order chi connectivity index (χ0) is 21.9. The summed E-state index contributed by atoms with van der Waals surface area (Å²) in [5.74, 6) is -3.77. The van der Waals surface area contributed by atoms with Crippen LogP contribution in [0.4, 0.5) is 5.00 Å². The maximum absolute atomic E-state index is 12.9. The molecule has 0 bridgehead atoms. The fraction of sp³-hybridized carbons (Fsp3) is 0.600. The maximum Gasteiger partial charge on any atom is 0.341 e. The van der Waals surface area contributed by atoms with Crippen LogP contribution in [0.25, 0.3) is 0 Å². The SMILES string of the molecule is Cc1c(C(=O)N(C)C)sc(NC(=O)C2CCCCC2C(=O)O)c1C(=O)OC(C)C. The highest BCUT2D eigenvalue weighted by Crippen LogP contribution is 2.37. The van der Waals surface area contributed by atoms with Gasteiger partial charge in [0.05, 0.1) is 28.4 Å². The lowest BCUT2D eigenvalue weighted by atomic mass is 9.79. The third-order valence-corrected chi connectivity index (χ3v) is 6.15. The Kier molecular flexibility index (Phi) is 7.40. The molecule has 0 radical (unpaired) electrons. The molecule has 2 unspecified atom stereocenters. The first-order valence-corrected chi connectivity index (χ1v) is 10.5. The lowest BCUT2D eigenvalue weighted by Gasteiger charge is -2.27. The predicted octanol–water partition coefficient (Wildman–Crippen LogP) is 3.15. The average Bonchev–Trinajstić information content (AvgIpc) is 2.96. The van der Waals surface area contributed by atoms with E-state index in [1.54, 1.807) is 34.9 Å². The summed E-state index contributed by atoms with van der Waals surface area (Å²) in [5, 5.41) is 12.4. The summed E-state index contributed by atoms with van der Waals surface area (Å²) in [5.41, 5.74) is 0.581. The van der Waals surface area contributed by atoms with Crippen LogP contribution in [-0.2, 0) is 14.3 Å². The van der Waals surface area contributed by atoms with Crippen LogP contribution in [-0.4, -0.2) is 54.0 Å². The van der Waals surface area contributed by atoms with Crippen molar-refractivity contribution in [1.29, 1.82) is 0 Å². The van der Waals surface area contributed by atoms with Crippen molar-refractivity contribution >= 4 is 40.1 Å². The highest BCUT2D eigenvalue weighted by molar-refractivity contribution is 7.18. The van der Waals surface area contributed by atoms with Gasteiger partial charge >= 0.3 is 11.9 Å². The molecule has 160 valence electrons. The van der Waals surface area contributed by atoms with Crippen LogP contribution in [0.3, 0.4) is 0 Å². The van der Waals surface area contributed by atoms with Crippen LogP contribution in [0.15, 0.2) is 0 Å². The van der Waals surface area contributed by atoms with E-state index < -0.39 is 29.7 Å². The molecular weight excluding hydrogens is 396 g/mol. The minimum absolute atomic E-state index is 0.143. The summed E-state index contributed by atoms with van der Waals surface area (Å²) < 4.78 is 5.30. The Labute approximate surface area is 174 Å². The number of esters is 1. The number of ether oxygens (including phenoxy) is 1. The van der Waals surface area contributed by atoms with Gasteiger partial charge in [0.15, 0.2) is 0 Å². The molecule has 8 nitrogen and oxygen atoms in total. The van der Waals surface area contributed by atoms with Gasteiger partial charge in [-0.2, -0.15) is 0 Å². The normalized spacial score (nSPS) is 19.0. The molecule has 29 heavy (non-hydrogen) atoms. The highest BCUT2D eigenvalue weighted by Gasteiger charge is 2.37. The number of nitrogens with one attached hydrogen (secondary N) is 1. The van der Waals surface area contributed by atoms with Crippen molar-refractivity contribution in [2.75, 3.05) is 19.4 Å². The number of carbonyl (C=O) groups is 4. The monoisotopic (exact) mass is 424 g/mol. The molecule has 2 atom stereocenters. The molecular formula is C20H28N2O6S. The second-order valence-corrected chi connectivity index (χ2v) is 8.76. The fourth-order valence-corrected chi connectivity index (χ4v) is 4.69. The highest BCUT2D eigenvalue weighted by atomic mass is 32.1. The lowest BCUT2D eigenvalue weighted by Crippen LogP contribution is -2.36. The molecule has 9 heteroatoms. The Bertz CT molecular complexity index is 814. The molecule has 1 heterocycles. The molecule has 0 aromatic carbocycles. The van der Waals surface area contributed by atoms with Crippen LogP contribution in [0.5, 0.6) is 0 Å². The van der Waals surface area contributed by atoms with Crippen molar-refractivity contribution in [3.8, 4) is 0 Å². The molecule has 2 rings (SSSR count). The average molecular weight is 425 g/mol. The third-order valence-electron chi connectivity index (χ3n) is 4.95. The van der Waals surface area contributed by atoms with Gasteiger partial charge in [0, 0.05) is 14.1 Å². The largest absolute Gasteiger partial charge is 0.481 e. The van der Waals surface area contributed by atoms with Crippen molar-refractivity contribution in [2.24, 2.45) is 11.8 Å². The van der Waals surface area contributed by atoms with Gasteiger partial charge in [0.2, 0.25) is 5.91 Å². The summed E-state index contributed by atoms with van der Waals surface area (Å²) in [6.45, 7) is 5.06. The molecule has 1 aromatic heterocycles. The predicted molar refractivity (Wildman–Crippen MR) is 109 cm³/mol. The number of amides is 2. The summed E-state index contributed by atoms with van der Waals surface area (Å²) in [6.07, 6.45) is 2.10. The van der Waals surface area contributed by atoms with E-state index in [1.807, 2.05) is 0 Å². The molecule has 0 spiro atoms. The summed E-state index contributed by atoms with van der Waals surface area (Å²) in [6, 6.07) is 0. The van der Waals surface area contributed by atoms with Crippen molar-refractivity contribution < 1.29 is 29.0 Å². The Morgan fingerprint density at radius 2 is 1.72 bits per heavy atom. The van der Waals surface area contributed by atoms with E-state index in [2.05, 4.69) is 5.32 Å². The number of anilines is 1. The second-order valence-electron chi connectivity index (χ2n) is 7.74. The summed E-state index contributed by atoms with van der Waals surface area (Å²) in [4.78, 5) is 51.3. The van der Waals surface area contributed by atoms with Crippen molar-refractivity contribution in [3.63, 3.8) is 0 Å². The zero-order valence-electron chi connectivity index (χ0n) is 17.4.